The Hall–Kier alpha value is -0.360. The second kappa shape index (κ2) is 8.32. The van der Waals surface area contributed by atoms with Gasteiger partial charge in [0.1, 0.15) is 10.7 Å². The number of nitrogens with zero attached hydrogens (tertiary/aromatic N) is 1. The van der Waals surface area contributed by atoms with Crippen LogP contribution < -0.4 is 10.1 Å². The summed E-state index contributed by atoms with van der Waals surface area (Å²) >= 11 is 13.1. The molecule has 0 amide bonds. The maximum absolute atomic E-state index is 6.01. The van der Waals surface area contributed by atoms with E-state index in [0.29, 0.717) is 11.8 Å². The van der Waals surface area contributed by atoms with Gasteiger partial charge in [-0.15, -0.1) is 0 Å². The smallest absolute Gasteiger partial charge is 0.159 e. The molecule has 1 N–H and O–H groups in total. The Kier molecular flexibility index (Phi) is 6.74. The molecule has 114 valence electrons. The van der Waals surface area contributed by atoms with Gasteiger partial charge in [-0.2, -0.15) is 0 Å². The van der Waals surface area contributed by atoms with Crippen molar-refractivity contribution in [3.8, 4) is 5.75 Å². The fourth-order valence-electron chi connectivity index (χ4n) is 2.01. The van der Waals surface area contributed by atoms with Crippen LogP contribution in [0.5, 0.6) is 5.75 Å². The first-order chi connectivity index (χ1) is 10.1. The van der Waals surface area contributed by atoms with Crippen molar-refractivity contribution in [2.45, 2.75) is 19.8 Å². The molecule has 0 radical (unpaired) electrons. The van der Waals surface area contributed by atoms with Gasteiger partial charge in [0, 0.05) is 9.86 Å². The van der Waals surface area contributed by atoms with Crippen LogP contribution in [0.4, 0.5) is 0 Å². The predicted molar refractivity (Wildman–Crippen MR) is 95.4 cm³/mol. The van der Waals surface area contributed by atoms with Crippen LogP contribution in [-0.4, -0.2) is 24.7 Å². The van der Waals surface area contributed by atoms with Gasteiger partial charge >= 0.3 is 0 Å². The molecule has 0 saturated carbocycles. The van der Waals surface area contributed by atoms with Crippen LogP contribution in [0.1, 0.15) is 19.8 Å². The van der Waals surface area contributed by atoms with Crippen LogP contribution in [-0.2, 0) is 0 Å². The molecule has 2 aromatic rings. The molecule has 0 aliphatic rings. The molecule has 0 unspecified atom stereocenters. The molecule has 1 aromatic heterocycles. The summed E-state index contributed by atoms with van der Waals surface area (Å²) in [5.74, 6) is 0.749. The van der Waals surface area contributed by atoms with Gasteiger partial charge in [-0.1, -0.05) is 34.5 Å². The quantitative estimate of drug-likeness (QED) is 0.480. The van der Waals surface area contributed by atoms with Crippen molar-refractivity contribution in [1.29, 1.82) is 0 Å². The molecule has 6 heteroatoms. The number of fused-ring (bicyclic) bond motifs is 1. The summed E-state index contributed by atoms with van der Waals surface area (Å²) in [6, 6.07) is 5.70. The normalized spacial score (nSPS) is 11.0. The highest BCUT2D eigenvalue weighted by molar-refractivity contribution is 9.11. The Bertz CT molecular complexity index is 622. The zero-order valence-corrected chi connectivity index (χ0v) is 15.7. The molecule has 0 saturated heterocycles. The average molecular weight is 437 g/mol. The third kappa shape index (κ3) is 4.55. The van der Waals surface area contributed by atoms with Gasteiger partial charge in [0.15, 0.2) is 5.75 Å². The summed E-state index contributed by atoms with van der Waals surface area (Å²) in [6.45, 7) is 4.80. The van der Waals surface area contributed by atoms with Crippen molar-refractivity contribution in [2.24, 2.45) is 0 Å². The maximum Gasteiger partial charge on any atom is 0.159 e. The van der Waals surface area contributed by atoms with Crippen LogP contribution in [0.3, 0.4) is 0 Å². The molecule has 0 aliphatic heterocycles. The minimum absolute atomic E-state index is 0.462. The van der Waals surface area contributed by atoms with Gasteiger partial charge < -0.3 is 10.1 Å². The maximum atomic E-state index is 6.01. The lowest BCUT2D eigenvalue weighted by Crippen LogP contribution is -2.14. The van der Waals surface area contributed by atoms with Crippen LogP contribution in [0.15, 0.2) is 27.1 Å². The summed E-state index contributed by atoms with van der Waals surface area (Å²) in [5.41, 5.74) is 0.774. The number of hydrogen-bond donors (Lipinski definition) is 1. The van der Waals surface area contributed by atoms with Gasteiger partial charge in [-0.3, -0.25) is 0 Å². The third-order valence-corrected chi connectivity index (χ3v) is 4.50. The van der Waals surface area contributed by atoms with E-state index in [4.69, 9.17) is 16.3 Å². The van der Waals surface area contributed by atoms with Gasteiger partial charge in [0.05, 0.1) is 11.1 Å². The standard InChI is InChI=1S/C15H17Br2ClN2O/c1-2-19-7-3-4-8-21-15-12(17)9-11(16)10-5-6-13(18)20-14(10)15/h5-6,9,19H,2-4,7-8H2,1H3. The second-order valence-corrected chi connectivity index (χ2v) is 6.70. The summed E-state index contributed by atoms with van der Waals surface area (Å²) in [5, 5.41) is 4.76. The van der Waals surface area contributed by atoms with Crippen molar-refractivity contribution in [2.75, 3.05) is 19.7 Å². The number of hydrogen-bond acceptors (Lipinski definition) is 3. The van der Waals surface area contributed by atoms with Gasteiger partial charge in [-0.05, 0) is 60.1 Å². The molecule has 2 rings (SSSR count). The second-order valence-electron chi connectivity index (χ2n) is 4.61. The van der Waals surface area contributed by atoms with Gasteiger partial charge in [0.25, 0.3) is 0 Å². The van der Waals surface area contributed by atoms with E-state index in [1.165, 1.54) is 0 Å². The van der Waals surface area contributed by atoms with Gasteiger partial charge in [0.2, 0.25) is 0 Å². The Balaban J connectivity index is 2.13. The van der Waals surface area contributed by atoms with Crippen LogP contribution in [0.2, 0.25) is 5.15 Å². The zero-order valence-electron chi connectivity index (χ0n) is 11.8. The number of nitrogens with one attached hydrogen (secondary N) is 1. The monoisotopic (exact) mass is 434 g/mol. The largest absolute Gasteiger partial charge is 0.490 e. The zero-order chi connectivity index (χ0) is 15.2. The first-order valence-corrected chi connectivity index (χ1v) is 8.87. The van der Waals surface area contributed by atoms with Crippen LogP contribution in [0.25, 0.3) is 10.9 Å². The van der Waals surface area contributed by atoms with E-state index in [2.05, 4.69) is 49.1 Å². The molecule has 1 aromatic carbocycles. The van der Waals surface area contributed by atoms with E-state index in [1.807, 2.05) is 12.1 Å². The van der Waals surface area contributed by atoms with E-state index >= 15 is 0 Å². The topological polar surface area (TPSA) is 34.1 Å². The number of rotatable bonds is 7. The summed E-state index contributed by atoms with van der Waals surface area (Å²) in [6.07, 6.45) is 2.09. The van der Waals surface area contributed by atoms with Crippen molar-refractivity contribution >= 4 is 54.4 Å². The van der Waals surface area contributed by atoms with E-state index in [0.717, 1.165) is 51.5 Å². The SMILES string of the molecule is CCNCCCCOc1c(Br)cc(Br)c2ccc(Cl)nc12. The molecule has 3 nitrogen and oxygen atoms in total. The Morgan fingerprint density at radius 1 is 1.24 bits per heavy atom. The number of halogens is 3. The van der Waals surface area contributed by atoms with E-state index in [9.17, 15) is 0 Å². The molecule has 21 heavy (non-hydrogen) atoms. The molecule has 0 spiro atoms. The Morgan fingerprint density at radius 2 is 2.05 bits per heavy atom. The van der Waals surface area contributed by atoms with E-state index < -0.39 is 0 Å². The van der Waals surface area contributed by atoms with E-state index in [-0.39, 0.29) is 0 Å². The fraction of sp³-hybridized carbons (Fsp3) is 0.400. The fourth-order valence-corrected chi connectivity index (χ4v) is 3.54. The minimum atomic E-state index is 0.462. The summed E-state index contributed by atoms with van der Waals surface area (Å²) in [4.78, 5) is 4.39. The number of aromatic nitrogens is 1. The average Bonchev–Trinajstić information content (AvgIpc) is 2.45. The lowest BCUT2D eigenvalue weighted by molar-refractivity contribution is 0.307. The highest BCUT2D eigenvalue weighted by Crippen LogP contribution is 2.38. The van der Waals surface area contributed by atoms with Crippen LogP contribution in [0, 0.1) is 0 Å². The molecular formula is C15H17Br2ClN2O. The van der Waals surface area contributed by atoms with Crippen molar-refractivity contribution in [3.05, 3.63) is 32.3 Å². The lowest BCUT2D eigenvalue weighted by atomic mass is 10.2. The highest BCUT2D eigenvalue weighted by Gasteiger charge is 2.12. The molecule has 0 atom stereocenters. The third-order valence-electron chi connectivity index (χ3n) is 3.05. The van der Waals surface area contributed by atoms with Crippen molar-refractivity contribution in [3.63, 3.8) is 0 Å². The Labute approximate surface area is 146 Å². The number of unbranched alkanes of at least 4 members (excludes halogenated alkanes) is 1. The van der Waals surface area contributed by atoms with Crippen molar-refractivity contribution < 1.29 is 4.74 Å². The highest BCUT2D eigenvalue weighted by atomic mass is 79.9. The Morgan fingerprint density at radius 3 is 2.81 bits per heavy atom. The minimum Gasteiger partial charge on any atom is -0.490 e. The van der Waals surface area contributed by atoms with Crippen molar-refractivity contribution in [1.82, 2.24) is 10.3 Å². The number of pyridine rings is 1. The molecule has 0 aliphatic carbocycles. The number of ether oxygens (including phenoxy) is 1. The first kappa shape index (κ1) is 17.0. The first-order valence-electron chi connectivity index (χ1n) is 6.91. The molecular weight excluding hydrogens is 419 g/mol. The molecule has 0 bridgehead atoms. The number of benzene rings is 1. The molecule has 0 fully saturated rings. The predicted octanol–water partition coefficient (Wildman–Crippen LogP) is 5.18. The lowest BCUT2D eigenvalue weighted by Gasteiger charge is -2.12. The van der Waals surface area contributed by atoms with Crippen LogP contribution >= 0.6 is 43.5 Å². The summed E-state index contributed by atoms with van der Waals surface area (Å²) < 4.78 is 7.77. The summed E-state index contributed by atoms with van der Waals surface area (Å²) in [7, 11) is 0. The molecule has 1 heterocycles. The van der Waals surface area contributed by atoms with E-state index in [1.54, 1.807) is 6.07 Å². The van der Waals surface area contributed by atoms with Gasteiger partial charge in [-0.25, -0.2) is 4.98 Å².